The maximum Gasteiger partial charge on any atom is 0.138 e. The average Bonchev–Trinajstić information content (AvgIpc) is 3.08. The lowest BCUT2D eigenvalue weighted by atomic mass is 10.2. The highest BCUT2D eigenvalue weighted by atomic mass is 16.5. The number of anilines is 1. The maximum atomic E-state index is 5.78. The molecule has 5 heteroatoms. The first kappa shape index (κ1) is 12.2. The Morgan fingerprint density at radius 1 is 1.32 bits per heavy atom. The van der Waals surface area contributed by atoms with E-state index < -0.39 is 0 Å². The summed E-state index contributed by atoms with van der Waals surface area (Å²) in [6.07, 6.45) is 6.27. The van der Waals surface area contributed by atoms with E-state index in [-0.39, 0.29) is 0 Å². The first-order valence-electron chi connectivity index (χ1n) is 6.65. The molecule has 2 unspecified atom stereocenters. The van der Waals surface area contributed by atoms with Crippen LogP contribution in [-0.4, -0.2) is 33.5 Å². The van der Waals surface area contributed by atoms with Crippen molar-refractivity contribution in [2.24, 2.45) is 0 Å². The minimum absolute atomic E-state index is 0.338. The fourth-order valence-electron chi connectivity index (χ4n) is 2.34. The number of hydrogen-bond donors (Lipinski definition) is 1. The summed E-state index contributed by atoms with van der Waals surface area (Å²) < 4.78 is 7.52. The molecule has 0 spiro atoms. The van der Waals surface area contributed by atoms with Crippen molar-refractivity contribution in [1.82, 2.24) is 14.8 Å². The van der Waals surface area contributed by atoms with E-state index in [9.17, 15) is 0 Å². The summed E-state index contributed by atoms with van der Waals surface area (Å²) >= 11 is 0. The van der Waals surface area contributed by atoms with Crippen molar-refractivity contribution in [2.75, 3.05) is 11.9 Å². The number of ether oxygens (including phenoxy) is 1. The molecule has 0 bridgehead atoms. The monoisotopic (exact) mass is 258 g/mol. The molecule has 5 nitrogen and oxygen atoms in total. The van der Waals surface area contributed by atoms with E-state index in [1.54, 1.807) is 11.0 Å². The van der Waals surface area contributed by atoms with Gasteiger partial charge in [-0.3, -0.25) is 0 Å². The van der Waals surface area contributed by atoms with Gasteiger partial charge in [-0.1, -0.05) is 0 Å². The van der Waals surface area contributed by atoms with Crippen molar-refractivity contribution in [3.63, 3.8) is 0 Å². The van der Waals surface area contributed by atoms with Crippen LogP contribution in [0.25, 0.3) is 5.69 Å². The van der Waals surface area contributed by atoms with Gasteiger partial charge < -0.3 is 10.1 Å². The van der Waals surface area contributed by atoms with E-state index >= 15 is 0 Å². The topological polar surface area (TPSA) is 52.0 Å². The zero-order chi connectivity index (χ0) is 13.1. The van der Waals surface area contributed by atoms with Gasteiger partial charge in [0.15, 0.2) is 0 Å². The highest BCUT2D eigenvalue weighted by Crippen LogP contribution is 2.20. The minimum Gasteiger partial charge on any atom is -0.382 e. The van der Waals surface area contributed by atoms with E-state index in [0.29, 0.717) is 12.2 Å². The second-order valence-electron chi connectivity index (χ2n) is 4.91. The molecule has 3 rings (SSSR count). The third-order valence-corrected chi connectivity index (χ3v) is 3.40. The quantitative estimate of drug-likeness (QED) is 0.913. The third kappa shape index (κ3) is 2.93. The van der Waals surface area contributed by atoms with E-state index in [0.717, 1.165) is 30.8 Å². The van der Waals surface area contributed by atoms with Gasteiger partial charge in [0, 0.05) is 12.2 Å². The third-order valence-electron chi connectivity index (χ3n) is 3.40. The van der Waals surface area contributed by atoms with Gasteiger partial charge in [-0.05, 0) is 44.0 Å². The van der Waals surface area contributed by atoms with E-state index in [1.807, 2.05) is 12.1 Å². The van der Waals surface area contributed by atoms with Crippen LogP contribution in [0.4, 0.5) is 5.69 Å². The van der Waals surface area contributed by atoms with Crippen LogP contribution in [0.2, 0.25) is 0 Å². The van der Waals surface area contributed by atoms with Crippen molar-refractivity contribution in [1.29, 1.82) is 0 Å². The number of benzene rings is 1. The number of nitrogens with zero attached hydrogens (tertiary/aromatic N) is 3. The minimum atomic E-state index is 0.338. The molecule has 19 heavy (non-hydrogen) atoms. The largest absolute Gasteiger partial charge is 0.382 e. The Labute approximate surface area is 112 Å². The standard InChI is InChI=1S/C14H18N4O/c1-11-2-7-14(19-11)8-16-12-3-5-13(6-4-12)18-10-15-9-17-18/h3-6,9-11,14,16H,2,7-8H2,1H3. The van der Waals surface area contributed by atoms with Crippen LogP contribution in [-0.2, 0) is 4.74 Å². The van der Waals surface area contributed by atoms with Gasteiger partial charge in [0.05, 0.1) is 17.9 Å². The molecule has 1 aliphatic rings. The molecule has 0 radical (unpaired) electrons. The van der Waals surface area contributed by atoms with Gasteiger partial charge >= 0.3 is 0 Å². The fraction of sp³-hybridized carbons (Fsp3) is 0.429. The van der Waals surface area contributed by atoms with Gasteiger partial charge in [0.25, 0.3) is 0 Å². The number of nitrogens with one attached hydrogen (secondary N) is 1. The Bertz CT molecular complexity index is 509. The highest BCUT2D eigenvalue weighted by Gasteiger charge is 2.21. The smallest absolute Gasteiger partial charge is 0.138 e. The molecule has 100 valence electrons. The number of rotatable bonds is 4. The molecule has 1 N–H and O–H groups in total. The first-order valence-corrected chi connectivity index (χ1v) is 6.65. The lowest BCUT2D eigenvalue weighted by Crippen LogP contribution is -2.19. The van der Waals surface area contributed by atoms with Gasteiger partial charge in [-0.25, -0.2) is 9.67 Å². The van der Waals surface area contributed by atoms with Crippen molar-refractivity contribution < 1.29 is 4.74 Å². The highest BCUT2D eigenvalue weighted by molar-refractivity contribution is 5.48. The summed E-state index contributed by atoms with van der Waals surface area (Å²) in [6, 6.07) is 8.15. The second-order valence-corrected chi connectivity index (χ2v) is 4.91. The summed E-state index contributed by atoms with van der Waals surface area (Å²) in [5.41, 5.74) is 2.11. The van der Waals surface area contributed by atoms with E-state index in [2.05, 4.69) is 34.5 Å². The fourth-order valence-corrected chi connectivity index (χ4v) is 2.34. The normalized spacial score (nSPS) is 22.6. The molecule has 2 heterocycles. The van der Waals surface area contributed by atoms with Gasteiger partial charge in [-0.2, -0.15) is 5.10 Å². The summed E-state index contributed by atoms with van der Waals surface area (Å²) in [5, 5.41) is 7.51. The molecule has 1 aliphatic heterocycles. The zero-order valence-corrected chi connectivity index (χ0v) is 11.0. The van der Waals surface area contributed by atoms with E-state index in [1.165, 1.54) is 6.33 Å². The van der Waals surface area contributed by atoms with E-state index in [4.69, 9.17) is 4.74 Å². The van der Waals surface area contributed by atoms with Crippen LogP contribution < -0.4 is 5.32 Å². The van der Waals surface area contributed by atoms with Crippen LogP contribution >= 0.6 is 0 Å². The molecule has 1 aromatic carbocycles. The molecule has 2 aromatic rings. The van der Waals surface area contributed by atoms with Crippen LogP contribution in [0.5, 0.6) is 0 Å². The van der Waals surface area contributed by atoms with Crippen LogP contribution in [0.1, 0.15) is 19.8 Å². The molecular weight excluding hydrogens is 240 g/mol. The lowest BCUT2D eigenvalue weighted by Gasteiger charge is -2.13. The molecule has 1 aromatic heterocycles. The summed E-state index contributed by atoms with van der Waals surface area (Å²) in [7, 11) is 0. The average molecular weight is 258 g/mol. The Balaban J connectivity index is 1.57. The van der Waals surface area contributed by atoms with Crippen molar-refractivity contribution in [3.8, 4) is 5.69 Å². The molecule has 0 amide bonds. The summed E-state index contributed by atoms with van der Waals surface area (Å²) in [5.74, 6) is 0. The molecular formula is C14H18N4O. The number of hydrogen-bond acceptors (Lipinski definition) is 4. The maximum absolute atomic E-state index is 5.78. The second kappa shape index (κ2) is 5.40. The van der Waals surface area contributed by atoms with Crippen LogP contribution in [0.15, 0.2) is 36.9 Å². The zero-order valence-electron chi connectivity index (χ0n) is 11.0. The lowest BCUT2D eigenvalue weighted by molar-refractivity contribution is 0.0637. The van der Waals surface area contributed by atoms with Crippen LogP contribution in [0.3, 0.4) is 0 Å². The van der Waals surface area contributed by atoms with Gasteiger partial charge in [0.1, 0.15) is 12.7 Å². The first-order chi connectivity index (χ1) is 9.31. The SMILES string of the molecule is CC1CCC(CNc2ccc(-n3cncn3)cc2)O1. The number of aromatic nitrogens is 3. The van der Waals surface area contributed by atoms with Crippen molar-refractivity contribution >= 4 is 5.69 Å². The van der Waals surface area contributed by atoms with Gasteiger partial charge in [-0.15, -0.1) is 0 Å². The van der Waals surface area contributed by atoms with Crippen molar-refractivity contribution in [3.05, 3.63) is 36.9 Å². The Morgan fingerprint density at radius 3 is 2.79 bits per heavy atom. The molecule has 1 saturated heterocycles. The molecule has 2 atom stereocenters. The molecule has 0 saturated carbocycles. The summed E-state index contributed by atoms with van der Waals surface area (Å²) in [4.78, 5) is 3.94. The molecule has 1 fully saturated rings. The van der Waals surface area contributed by atoms with Crippen LogP contribution in [0, 0.1) is 0 Å². The van der Waals surface area contributed by atoms with Crippen molar-refractivity contribution in [2.45, 2.75) is 32.0 Å². The Morgan fingerprint density at radius 2 is 2.16 bits per heavy atom. The predicted molar refractivity (Wildman–Crippen MR) is 73.4 cm³/mol. The Kier molecular flexibility index (Phi) is 3.46. The predicted octanol–water partition coefficient (Wildman–Crippen LogP) is 2.25. The molecule has 0 aliphatic carbocycles. The summed E-state index contributed by atoms with van der Waals surface area (Å²) in [6.45, 7) is 3.00. The Hall–Kier alpha value is -1.88. The van der Waals surface area contributed by atoms with Gasteiger partial charge in [0.2, 0.25) is 0 Å².